The molecule has 0 aliphatic carbocycles. The van der Waals surface area contributed by atoms with Crippen LogP contribution in [0.5, 0.6) is 0 Å². The first-order valence-corrected chi connectivity index (χ1v) is 7.50. The summed E-state index contributed by atoms with van der Waals surface area (Å²) in [6.45, 7) is 4.01. The number of rotatable bonds is 6. The smallest absolute Gasteiger partial charge is 0.313 e. The topological polar surface area (TPSA) is 57.6 Å². The fourth-order valence-electron chi connectivity index (χ4n) is 1.41. The third-order valence-corrected chi connectivity index (χ3v) is 4.67. The van der Waals surface area contributed by atoms with Gasteiger partial charge in [-0.3, -0.25) is 9.59 Å². The second-order valence-electron chi connectivity index (χ2n) is 4.02. The maximum absolute atomic E-state index is 11.9. The van der Waals surface area contributed by atoms with E-state index in [0.29, 0.717) is 0 Å². The molecule has 100 valence electrons. The van der Waals surface area contributed by atoms with Gasteiger partial charge in [-0.15, -0.1) is 23.1 Å². The lowest BCUT2D eigenvalue weighted by molar-refractivity contribution is -0.133. The van der Waals surface area contributed by atoms with E-state index < -0.39 is 5.97 Å². The predicted octanol–water partition coefficient (Wildman–Crippen LogP) is 2.39. The number of carboxylic acid groups (broad SMARTS) is 1. The van der Waals surface area contributed by atoms with Gasteiger partial charge in [0.25, 0.3) is 0 Å². The number of thioether (sulfide) groups is 1. The molecule has 0 aliphatic heterocycles. The molecule has 6 heteroatoms. The molecule has 0 bridgehead atoms. The molecule has 0 fully saturated rings. The Hall–Kier alpha value is -1.01. The van der Waals surface area contributed by atoms with Crippen LogP contribution in [-0.2, 0) is 9.59 Å². The van der Waals surface area contributed by atoms with Crippen molar-refractivity contribution >= 4 is 35.0 Å². The Labute approximate surface area is 115 Å². The SMILES string of the molecule is Cc1ccc(C(C)N(C)C(=O)CSCC(=O)O)s1. The van der Waals surface area contributed by atoms with Crippen molar-refractivity contribution in [3.8, 4) is 0 Å². The highest BCUT2D eigenvalue weighted by atomic mass is 32.2. The lowest BCUT2D eigenvalue weighted by atomic mass is 10.2. The molecule has 1 atom stereocenters. The van der Waals surface area contributed by atoms with Gasteiger partial charge in [-0.2, -0.15) is 0 Å². The largest absolute Gasteiger partial charge is 0.481 e. The summed E-state index contributed by atoms with van der Waals surface area (Å²) in [5.41, 5.74) is 0. The highest BCUT2D eigenvalue weighted by Gasteiger charge is 2.18. The normalized spacial score (nSPS) is 12.2. The van der Waals surface area contributed by atoms with Gasteiger partial charge >= 0.3 is 5.97 Å². The van der Waals surface area contributed by atoms with Gasteiger partial charge in [-0.05, 0) is 26.0 Å². The first kappa shape index (κ1) is 15.0. The van der Waals surface area contributed by atoms with E-state index in [4.69, 9.17) is 5.11 Å². The molecular formula is C12H17NO3S2. The second-order valence-corrected chi connectivity index (χ2v) is 6.32. The Morgan fingerprint density at radius 3 is 2.61 bits per heavy atom. The fourth-order valence-corrected chi connectivity index (χ4v) is 3.04. The maximum Gasteiger partial charge on any atom is 0.313 e. The molecule has 1 heterocycles. The minimum Gasteiger partial charge on any atom is -0.481 e. The quantitative estimate of drug-likeness (QED) is 0.873. The molecule has 4 nitrogen and oxygen atoms in total. The summed E-state index contributed by atoms with van der Waals surface area (Å²) in [5.74, 6) is -0.763. The number of aliphatic carboxylic acids is 1. The standard InChI is InChI=1S/C12H17NO3S2/c1-8-4-5-10(18-8)9(2)13(3)11(14)6-17-7-12(15)16/h4-5,9H,6-7H2,1-3H3,(H,15,16). The van der Waals surface area contributed by atoms with Gasteiger partial charge in [0.05, 0.1) is 17.5 Å². The van der Waals surface area contributed by atoms with Crippen molar-refractivity contribution < 1.29 is 14.7 Å². The van der Waals surface area contributed by atoms with Crippen molar-refractivity contribution in [2.45, 2.75) is 19.9 Å². The van der Waals surface area contributed by atoms with E-state index in [1.807, 2.05) is 26.0 Å². The summed E-state index contributed by atoms with van der Waals surface area (Å²) in [6.07, 6.45) is 0. The molecule has 0 saturated carbocycles. The molecule has 0 saturated heterocycles. The van der Waals surface area contributed by atoms with Crippen LogP contribution in [0, 0.1) is 6.92 Å². The van der Waals surface area contributed by atoms with Gasteiger partial charge in [0.1, 0.15) is 0 Å². The zero-order valence-corrected chi connectivity index (χ0v) is 12.3. The molecule has 1 N–H and O–H groups in total. The van der Waals surface area contributed by atoms with Crippen molar-refractivity contribution in [1.82, 2.24) is 4.90 Å². The van der Waals surface area contributed by atoms with Crippen LogP contribution in [0.1, 0.15) is 22.7 Å². The lowest BCUT2D eigenvalue weighted by Crippen LogP contribution is -2.30. The Kier molecular flexibility index (Phi) is 5.68. The molecule has 0 radical (unpaired) electrons. The summed E-state index contributed by atoms with van der Waals surface area (Å²) >= 11 is 2.80. The summed E-state index contributed by atoms with van der Waals surface area (Å²) in [6, 6.07) is 4.09. The van der Waals surface area contributed by atoms with E-state index in [2.05, 4.69) is 0 Å². The molecule has 1 aromatic rings. The van der Waals surface area contributed by atoms with Crippen LogP contribution in [-0.4, -0.2) is 40.4 Å². The Morgan fingerprint density at radius 2 is 2.11 bits per heavy atom. The number of nitrogens with zero attached hydrogens (tertiary/aromatic N) is 1. The Bertz CT molecular complexity index is 431. The Morgan fingerprint density at radius 1 is 1.44 bits per heavy atom. The second kappa shape index (κ2) is 6.80. The highest BCUT2D eigenvalue weighted by Crippen LogP contribution is 2.26. The van der Waals surface area contributed by atoms with E-state index in [-0.39, 0.29) is 23.5 Å². The first-order valence-electron chi connectivity index (χ1n) is 5.53. The van der Waals surface area contributed by atoms with Crippen LogP contribution < -0.4 is 0 Å². The number of aryl methyl sites for hydroxylation is 1. The number of hydrogen-bond donors (Lipinski definition) is 1. The van der Waals surface area contributed by atoms with E-state index in [1.165, 1.54) is 4.88 Å². The van der Waals surface area contributed by atoms with Crippen LogP contribution in [0.4, 0.5) is 0 Å². The van der Waals surface area contributed by atoms with Crippen LogP contribution in [0.15, 0.2) is 12.1 Å². The van der Waals surface area contributed by atoms with Gasteiger partial charge in [-0.25, -0.2) is 0 Å². The first-order chi connectivity index (χ1) is 8.41. The number of carbonyl (C=O) groups is 2. The molecule has 1 unspecified atom stereocenters. The van der Waals surface area contributed by atoms with Crippen molar-refractivity contribution in [2.75, 3.05) is 18.6 Å². The van der Waals surface area contributed by atoms with Gasteiger partial charge < -0.3 is 10.0 Å². The minimum absolute atomic E-state index is 0.0293. The fraction of sp³-hybridized carbons (Fsp3) is 0.500. The van der Waals surface area contributed by atoms with Crippen LogP contribution in [0.3, 0.4) is 0 Å². The van der Waals surface area contributed by atoms with E-state index in [1.54, 1.807) is 23.3 Å². The highest BCUT2D eigenvalue weighted by molar-refractivity contribution is 8.00. The van der Waals surface area contributed by atoms with E-state index in [9.17, 15) is 9.59 Å². The van der Waals surface area contributed by atoms with Gasteiger partial charge in [0.15, 0.2) is 0 Å². The summed E-state index contributed by atoms with van der Waals surface area (Å²) in [4.78, 5) is 26.3. The summed E-state index contributed by atoms with van der Waals surface area (Å²) < 4.78 is 0. The van der Waals surface area contributed by atoms with Crippen molar-refractivity contribution in [2.24, 2.45) is 0 Å². The molecular weight excluding hydrogens is 270 g/mol. The molecule has 1 rings (SSSR count). The predicted molar refractivity (Wildman–Crippen MR) is 75.2 cm³/mol. The maximum atomic E-state index is 11.9. The number of hydrogen-bond acceptors (Lipinski definition) is 4. The monoisotopic (exact) mass is 287 g/mol. The molecule has 0 aromatic carbocycles. The third kappa shape index (κ3) is 4.34. The van der Waals surface area contributed by atoms with Gasteiger partial charge in [0.2, 0.25) is 5.91 Å². The molecule has 18 heavy (non-hydrogen) atoms. The zero-order valence-electron chi connectivity index (χ0n) is 10.7. The van der Waals surface area contributed by atoms with Crippen LogP contribution in [0.2, 0.25) is 0 Å². The molecule has 0 spiro atoms. The Balaban J connectivity index is 2.50. The molecule has 1 aromatic heterocycles. The number of amides is 1. The number of carbonyl (C=O) groups excluding carboxylic acids is 1. The number of thiophene rings is 1. The van der Waals surface area contributed by atoms with Gasteiger partial charge in [0, 0.05) is 16.8 Å². The van der Waals surface area contributed by atoms with Crippen molar-refractivity contribution in [3.63, 3.8) is 0 Å². The zero-order chi connectivity index (χ0) is 13.7. The average molecular weight is 287 g/mol. The minimum atomic E-state index is -0.891. The number of carboxylic acids is 1. The van der Waals surface area contributed by atoms with E-state index in [0.717, 1.165) is 16.6 Å². The lowest BCUT2D eigenvalue weighted by Gasteiger charge is -2.23. The van der Waals surface area contributed by atoms with E-state index >= 15 is 0 Å². The van der Waals surface area contributed by atoms with Crippen LogP contribution in [0.25, 0.3) is 0 Å². The summed E-state index contributed by atoms with van der Waals surface area (Å²) in [5, 5.41) is 8.51. The summed E-state index contributed by atoms with van der Waals surface area (Å²) in [7, 11) is 1.75. The molecule has 1 amide bonds. The van der Waals surface area contributed by atoms with Crippen molar-refractivity contribution in [1.29, 1.82) is 0 Å². The third-order valence-electron chi connectivity index (χ3n) is 2.60. The average Bonchev–Trinajstić information content (AvgIpc) is 2.73. The van der Waals surface area contributed by atoms with Gasteiger partial charge in [-0.1, -0.05) is 0 Å². The van der Waals surface area contributed by atoms with Crippen molar-refractivity contribution in [3.05, 3.63) is 21.9 Å². The molecule has 0 aliphatic rings. The van der Waals surface area contributed by atoms with Crippen LogP contribution >= 0.6 is 23.1 Å².